The van der Waals surface area contributed by atoms with Gasteiger partial charge in [0.05, 0.1) is 0 Å². The molecule has 0 radical (unpaired) electrons. The summed E-state index contributed by atoms with van der Waals surface area (Å²) in [5.41, 5.74) is 0. The van der Waals surface area contributed by atoms with Gasteiger partial charge in [0.2, 0.25) is 0 Å². The third kappa shape index (κ3) is 17.2. The minimum Gasteiger partial charge on any atom is -0.396 e. The Hall–Kier alpha value is -0.640. The summed E-state index contributed by atoms with van der Waals surface area (Å²) in [6.07, 6.45) is 28.8. The highest BCUT2D eigenvalue weighted by Crippen LogP contribution is 2.14. The Balaban J connectivity index is 1.73. The van der Waals surface area contributed by atoms with Gasteiger partial charge in [0.15, 0.2) is 6.29 Å². The summed E-state index contributed by atoms with van der Waals surface area (Å²) in [7, 11) is 0. The molecule has 1 N–H and O–H groups in total. The number of hydrogen-bond acceptors (Lipinski definition) is 3. The van der Waals surface area contributed by atoms with Crippen LogP contribution in [0.2, 0.25) is 0 Å². The summed E-state index contributed by atoms with van der Waals surface area (Å²) in [6, 6.07) is 0. The molecule has 1 unspecified atom stereocenters. The van der Waals surface area contributed by atoms with Crippen LogP contribution in [0.15, 0.2) is 24.3 Å². The number of aliphatic hydroxyl groups excluding tert-OH is 1. The minimum atomic E-state index is 0.0715. The Labute approximate surface area is 168 Å². The normalized spacial score (nSPS) is 18.0. The van der Waals surface area contributed by atoms with E-state index in [1.165, 1.54) is 70.6 Å². The topological polar surface area (TPSA) is 38.7 Å². The average molecular weight is 381 g/mol. The molecule has 1 aliphatic heterocycles. The van der Waals surface area contributed by atoms with Gasteiger partial charge in [-0.05, 0) is 83.5 Å². The van der Waals surface area contributed by atoms with Gasteiger partial charge in [-0.3, -0.25) is 0 Å². The molecule has 1 aliphatic rings. The molecule has 0 saturated carbocycles. The molecule has 0 aromatic rings. The molecule has 3 heteroatoms. The molecule has 1 rings (SSSR count). The second-order valence-electron chi connectivity index (χ2n) is 7.67. The lowest BCUT2D eigenvalue weighted by molar-refractivity contribution is -0.162. The summed E-state index contributed by atoms with van der Waals surface area (Å²) in [4.78, 5) is 0. The number of allylic oxidation sites excluding steroid dienone is 4. The summed E-state index contributed by atoms with van der Waals surface area (Å²) in [5.74, 6) is 0. The molecule has 0 amide bonds. The van der Waals surface area contributed by atoms with Gasteiger partial charge in [-0.2, -0.15) is 0 Å². The molecule has 3 nitrogen and oxygen atoms in total. The van der Waals surface area contributed by atoms with Crippen molar-refractivity contribution in [2.24, 2.45) is 0 Å². The smallest absolute Gasteiger partial charge is 0.157 e. The first-order valence-electron chi connectivity index (χ1n) is 11.6. The maximum atomic E-state index is 8.71. The highest BCUT2D eigenvalue weighted by molar-refractivity contribution is 4.82. The Morgan fingerprint density at radius 1 is 0.704 bits per heavy atom. The number of ether oxygens (including phenoxy) is 2. The van der Waals surface area contributed by atoms with E-state index in [1.54, 1.807) is 0 Å². The predicted molar refractivity (Wildman–Crippen MR) is 115 cm³/mol. The molecule has 27 heavy (non-hydrogen) atoms. The Morgan fingerprint density at radius 2 is 1.26 bits per heavy atom. The molecule has 0 aromatic heterocycles. The maximum Gasteiger partial charge on any atom is 0.157 e. The molecule has 158 valence electrons. The van der Waals surface area contributed by atoms with Crippen LogP contribution in [0.25, 0.3) is 0 Å². The van der Waals surface area contributed by atoms with Crippen molar-refractivity contribution in [3.8, 4) is 0 Å². The lowest BCUT2D eigenvalue weighted by Crippen LogP contribution is -2.22. The van der Waals surface area contributed by atoms with Crippen molar-refractivity contribution < 1.29 is 14.6 Å². The van der Waals surface area contributed by atoms with Gasteiger partial charge in [0, 0.05) is 19.8 Å². The number of hydrogen-bond donors (Lipinski definition) is 1. The van der Waals surface area contributed by atoms with Crippen LogP contribution >= 0.6 is 0 Å². The molecule has 1 fully saturated rings. The SMILES string of the molecule is OCCCC/C=C\CCCCCCC/C=C\CCCCOC1CCCCO1. The zero-order chi connectivity index (χ0) is 19.3. The summed E-state index contributed by atoms with van der Waals surface area (Å²) < 4.78 is 11.3. The Bertz CT molecular complexity index is 346. The molecular weight excluding hydrogens is 336 g/mol. The van der Waals surface area contributed by atoms with E-state index in [4.69, 9.17) is 14.6 Å². The third-order valence-electron chi connectivity index (χ3n) is 5.06. The van der Waals surface area contributed by atoms with E-state index in [0.717, 1.165) is 45.3 Å². The highest BCUT2D eigenvalue weighted by atomic mass is 16.7. The number of aliphatic hydroxyl groups is 1. The van der Waals surface area contributed by atoms with Crippen LogP contribution in [0.1, 0.15) is 103 Å². The first-order valence-corrected chi connectivity index (χ1v) is 11.6. The van der Waals surface area contributed by atoms with E-state index >= 15 is 0 Å². The van der Waals surface area contributed by atoms with Crippen LogP contribution in [-0.2, 0) is 9.47 Å². The summed E-state index contributed by atoms with van der Waals surface area (Å²) >= 11 is 0. The van der Waals surface area contributed by atoms with Crippen LogP contribution in [0.5, 0.6) is 0 Å². The predicted octanol–water partition coefficient (Wildman–Crippen LogP) is 6.71. The largest absolute Gasteiger partial charge is 0.396 e. The summed E-state index contributed by atoms with van der Waals surface area (Å²) in [6.45, 7) is 2.04. The molecule has 0 aliphatic carbocycles. The number of rotatable bonds is 18. The average Bonchev–Trinajstić information content (AvgIpc) is 2.70. The van der Waals surface area contributed by atoms with Crippen LogP contribution in [0.4, 0.5) is 0 Å². The number of unbranched alkanes of at least 4 members (excludes halogenated alkanes) is 10. The van der Waals surface area contributed by atoms with Gasteiger partial charge < -0.3 is 14.6 Å². The van der Waals surface area contributed by atoms with E-state index < -0.39 is 0 Å². The van der Waals surface area contributed by atoms with Crippen LogP contribution in [0, 0.1) is 0 Å². The van der Waals surface area contributed by atoms with Crippen molar-refractivity contribution in [3.63, 3.8) is 0 Å². The van der Waals surface area contributed by atoms with Gasteiger partial charge in [-0.15, -0.1) is 0 Å². The van der Waals surface area contributed by atoms with Gasteiger partial charge in [-0.25, -0.2) is 0 Å². The first kappa shape index (κ1) is 24.4. The van der Waals surface area contributed by atoms with Crippen LogP contribution in [0.3, 0.4) is 0 Å². The summed E-state index contributed by atoms with van der Waals surface area (Å²) in [5, 5.41) is 8.71. The van der Waals surface area contributed by atoms with E-state index in [9.17, 15) is 0 Å². The van der Waals surface area contributed by atoms with Crippen molar-refractivity contribution in [2.45, 2.75) is 109 Å². The fourth-order valence-corrected chi connectivity index (χ4v) is 3.32. The highest BCUT2D eigenvalue weighted by Gasteiger charge is 2.12. The zero-order valence-electron chi connectivity index (χ0n) is 17.6. The second kappa shape index (κ2) is 20.1. The van der Waals surface area contributed by atoms with Gasteiger partial charge in [0.1, 0.15) is 0 Å². The van der Waals surface area contributed by atoms with Gasteiger partial charge in [0.25, 0.3) is 0 Å². The van der Waals surface area contributed by atoms with E-state index in [1.807, 2.05) is 0 Å². The molecule has 0 aromatic carbocycles. The first-order chi connectivity index (χ1) is 13.4. The van der Waals surface area contributed by atoms with Crippen molar-refractivity contribution in [2.75, 3.05) is 19.8 Å². The second-order valence-corrected chi connectivity index (χ2v) is 7.67. The molecule has 1 atom stereocenters. The van der Waals surface area contributed by atoms with Gasteiger partial charge >= 0.3 is 0 Å². The van der Waals surface area contributed by atoms with E-state index in [-0.39, 0.29) is 6.29 Å². The van der Waals surface area contributed by atoms with Gasteiger partial charge in [-0.1, -0.05) is 43.6 Å². The molecule has 0 bridgehead atoms. The van der Waals surface area contributed by atoms with Crippen LogP contribution < -0.4 is 0 Å². The molecule has 1 heterocycles. The van der Waals surface area contributed by atoms with E-state index in [2.05, 4.69) is 24.3 Å². The minimum absolute atomic E-state index is 0.0715. The molecular formula is C24H44O3. The maximum absolute atomic E-state index is 8.71. The lowest BCUT2D eigenvalue weighted by atomic mass is 10.1. The third-order valence-corrected chi connectivity index (χ3v) is 5.06. The monoisotopic (exact) mass is 380 g/mol. The van der Waals surface area contributed by atoms with Crippen molar-refractivity contribution in [1.82, 2.24) is 0 Å². The van der Waals surface area contributed by atoms with Crippen LogP contribution in [-0.4, -0.2) is 31.2 Å². The Morgan fingerprint density at radius 3 is 1.81 bits per heavy atom. The van der Waals surface area contributed by atoms with Crippen molar-refractivity contribution in [1.29, 1.82) is 0 Å². The standard InChI is InChI=1S/C24H44O3/c25-21-17-14-12-10-8-6-4-2-1-3-5-7-9-11-13-15-18-22-26-24-20-16-19-23-27-24/h8-11,24-25H,1-7,12-23H2/b10-8-,11-9-. The van der Waals surface area contributed by atoms with E-state index in [0.29, 0.717) is 6.61 Å². The van der Waals surface area contributed by atoms with Crippen molar-refractivity contribution in [3.05, 3.63) is 24.3 Å². The molecule has 0 spiro atoms. The van der Waals surface area contributed by atoms with Crippen molar-refractivity contribution >= 4 is 0 Å². The lowest BCUT2D eigenvalue weighted by Gasteiger charge is -2.22. The quantitative estimate of drug-likeness (QED) is 0.212. The zero-order valence-corrected chi connectivity index (χ0v) is 17.6. The molecule has 1 saturated heterocycles. The fraction of sp³-hybridized carbons (Fsp3) is 0.833. The Kier molecular flexibility index (Phi) is 18.2. The fourth-order valence-electron chi connectivity index (χ4n) is 3.32.